The molecule has 0 N–H and O–H groups in total. The summed E-state index contributed by atoms with van der Waals surface area (Å²) < 4.78 is 0. The minimum atomic E-state index is 0. The molecule has 1 rings (SSSR count). The Bertz CT molecular complexity index is 134. The molecular weight excluding hydrogens is 285 g/mol. The van der Waals surface area contributed by atoms with E-state index >= 15 is 0 Å². The largest absolute Gasteiger partial charge is 0.0622 e. The van der Waals surface area contributed by atoms with Gasteiger partial charge in [-0.05, 0) is 6.92 Å². The van der Waals surface area contributed by atoms with Crippen molar-refractivity contribution in [1.82, 2.24) is 0 Å². The maximum absolute atomic E-state index is 2.08. The SMILES string of the molecule is Cc1ccccc1.[Hg]. The average Bonchev–Trinajstić information content (AvgIpc) is 1.69. The van der Waals surface area contributed by atoms with Gasteiger partial charge in [-0.1, -0.05) is 35.9 Å². The van der Waals surface area contributed by atoms with Gasteiger partial charge < -0.3 is 0 Å². The Morgan fingerprint density at radius 3 is 1.75 bits per heavy atom. The Morgan fingerprint density at radius 1 is 1.00 bits per heavy atom. The van der Waals surface area contributed by atoms with Crippen LogP contribution in [0.1, 0.15) is 5.56 Å². The Labute approximate surface area is 70.4 Å². The first-order valence-corrected chi connectivity index (χ1v) is 2.41. The summed E-state index contributed by atoms with van der Waals surface area (Å²) in [6, 6.07) is 10.3. The fourth-order valence-corrected chi connectivity index (χ4v) is 0.534. The summed E-state index contributed by atoms with van der Waals surface area (Å²) in [5, 5.41) is 0. The molecule has 0 spiro atoms. The minimum absolute atomic E-state index is 0. The fraction of sp³-hybridized carbons (Fsp3) is 0.143. The summed E-state index contributed by atoms with van der Waals surface area (Å²) >= 11 is 0. The van der Waals surface area contributed by atoms with Crippen molar-refractivity contribution in [3.05, 3.63) is 35.9 Å². The van der Waals surface area contributed by atoms with E-state index in [9.17, 15) is 0 Å². The average molecular weight is 293 g/mol. The quantitative estimate of drug-likeness (QED) is 0.642. The first-order valence-electron chi connectivity index (χ1n) is 2.41. The van der Waals surface area contributed by atoms with E-state index < -0.39 is 0 Å². The van der Waals surface area contributed by atoms with Gasteiger partial charge in [-0.3, -0.25) is 0 Å². The van der Waals surface area contributed by atoms with Crippen LogP contribution in [0.25, 0.3) is 0 Å². The summed E-state index contributed by atoms with van der Waals surface area (Å²) in [6.07, 6.45) is 0. The molecule has 38 valence electrons. The van der Waals surface area contributed by atoms with Gasteiger partial charge in [0.2, 0.25) is 0 Å². The first kappa shape index (κ1) is 8.16. The molecule has 0 fully saturated rings. The minimum Gasteiger partial charge on any atom is -0.0622 e. The standard InChI is InChI=1S/C7H8.Hg/c1-7-5-3-2-4-6-7;/h2-6H,1H3;. The van der Waals surface area contributed by atoms with Gasteiger partial charge in [0.1, 0.15) is 0 Å². The van der Waals surface area contributed by atoms with Crippen molar-refractivity contribution in [3.63, 3.8) is 0 Å². The molecule has 0 radical (unpaired) electrons. The van der Waals surface area contributed by atoms with Gasteiger partial charge in [0, 0.05) is 27.7 Å². The molecule has 0 atom stereocenters. The molecule has 0 saturated heterocycles. The molecule has 1 aromatic rings. The van der Waals surface area contributed by atoms with Crippen LogP contribution in [0.3, 0.4) is 0 Å². The Kier molecular flexibility index (Phi) is 4.15. The summed E-state index contributed by atoms with van der Waals surface area (Å²) in [5.41, 5.74) is 1.32. The molecule has 0 aromatic heterocycles. The first-order chi connectivity index (χ1) is 3.39. The van der Waals surface area contributed by atoms with E-state index in [1.54, 1.807) is 0 Å². The van der Waals surface area contributed by atoms with Crippen LogP contribution in [-0.4, -0.2) is 0 Å². The van der Waals surface area contributed by atoms with E-state index in [4.69, 9.17) is 0 Å². The van der Waals surface area contributed by atoms with Crippen LogP contribution in [-0.2, 0) is 27.7 Å². The molecule has 0 saturated carbocycles. The number of benzene rings is 1. The normalized spacial score (nSPS) is 7.62. The van der Waals surface area contributed by atoms with Crippen molar-refractivity contribution in [1.29, 1.82) is 0 Å². The van der Waals surface area contributed by atoms with Crippen molar-refractivity contribution >= 4 is 0 Å². The van der Waals surface area contributed by atoms with E-state index in [0.29, 0.717) is 0 Å². The zero-order valence-corrected chi connectivity index (χ0v) is 10.6. The van der Waals surface area contributed by atoms with Crippen LogP contribution in [0.2, 0.25) is 0 Å². The summed E-state index contributed by atoms with van der Waals surface area (Å²) in [5.74, 6) is 0. The molecule has 0 unspecified atom stereocenters. The van der Waals surface area contributed by atoms with Crippen LogP contribution in [0.4, 0.5) is 0 Å². The van der Waals surface area contributed by atoms with Crippen molar-refractivity contribution in [2.24, 2.45) is 0 Å². The van der Waals surface area contributed by atoms with Crippen LogP contribution < -0.4 is 0 Å². The maximum atomic E-state index is 2.08. The molecule has 0 heterocycles. The maximum Gasteiger partial charge on any atom is 0 e. The van der Waals surface area contributed by atoms with Crippen LogP contribution in [0.15, 0.2) is 30.3 Å². The Balaban J connectivity index is 0.000000490. The zero-order chi connectivity index (χ0) is 5.11. The number of aryl methyl sites for hydroxylation is 1. The fourth-order valence-electron chi connectivity index (χ4n) is 0.534. The molecule has 1 heteroatoms. The third kappa shape index (κ3) is 2.46. The molecule has 8 heavy (non-hydrogen) atoms. The van der Waals surface area contributed by atoms with Crippen LogP contribution >= 0.6 is 0 Å². The second-order valence-electron chi connectivity index (χ2n) is 1.65. The molecule has 1 aromatic carbocycles. The molecule has 0 aliphatic heterocycles. The molecule has 0 aliphatic carbocycles. The van der Waals surface area contributed by atoms with E-state index in [1.807, 2.05) is 18.2 Å². The van der Waals surface area contributed by atoms with Crippen molar-refractivity contribution in [2.45, 2.75) is 6.92 Å². The number of hydrogen-bond donors (Lipinski definition) is 0. The smallest absolute Gasteiger partial charge is 0 e. The second-order valence-corrected chi connectivity index (χ2v) is 1.65. The monoisotopic (exact) mass is 294 g/mol. The molecule has 0 aliphatic rings. The predicted molar refractivity (Wildman–Crippen MR) is 31.2 cm³/mol. The molecule has 0 amide bonds. The summed E-state index contributed by atoms with van der Waals surface area (Å²) in [6.45, 7) is 2.08. The second kappa shape index (κ2) is 4.08. The third-order valence-electron chi connectivity index (χ3n) is 0.940. The van der Waals surface area contributed by atoms with Gasteiger partial charge in [0.15, 0.2) is 0 Å². The Hall–Kier alpha value is 0.155. The van der Waals surface area contributed by atoms with Gasteiger partial charge >= 0.3 is 0 Å². The Morgan fingerprint density at radius 2 is 1.50 bits per heavy atom. The van der Waals surface area contributed by atoms with Crippen molar-refractivity contribution < 1.29 is 27.7 Å². The van der Waals surface area contributed by atoms with Crippen molar-refractivity contribution in [3.8, 4) is 0 Å². The van der Waals surface area contributed by atoms with Gasteiger partial charge in [-0.15, -0.1) is 0 Å². The summed E-state index contributed by atoms with van der Waals surface area (Å²) in [4.78, 5) is 0. The topological polar surface area (TPSA) is 0 Å². The van der Waals surface area contributed by atoms with Gasteiger partial charge in [0.25, 0.3) is 0 Å². The summed E-state index contributed by atoms with van der Waals surface area (Å²) in [7, 11) is 0. The van der Waals surface area contributed by atoms with Gasteiger partial charge in [-0.25, -0.2) is 0 Å². The van der Waals surface area contributed by atoms with E-state index in [2.05, 4.69) is 19.1 Å². The van der Waals surface area contributed by atoms with E-state index in [1.165, 1.54) is 5.56 Å². The molecular formula is C7H8Hg. The predicted octanol–water partition coefficient (Wildman–Crippen LogP) is 1.99. The van der Waals surface area contributed by atoms with Crippen molar-refractivity contribution in [2.75, 3.05) is 0 Å². The number of hydrogen-bond acceptors (Lipinski definition) is 0. The van der Waals surface area contributed by atoms with Gasteiger partial charge in [0.05, 0.1) is 0 Å². The van der Waals surface area contributed by atoms with E-state index in [0.717, 1.165) is 0 Å². The zero-order valence-electron chi connectivity index (χ0n) is 5.09. The van der Waals surface area contributed by atoms with E-state index in [-0.39, 0.29) is 27.7 Å². The van der Waals surface area contributed by atoms with Crippen LogP contribution in [0, 0.1) is 6.92 Å². The van der Waals surface area contributed by atoms with Crippen LogP contribution in [0.5, 0.6) is 0 Å². The molecule has 0 nitrogen and oxygen atoms in total. The third-order valence-corrected chi connectivity index (χ3v) is 0.940. The number of rotatable bonds is 0. The van der Waals surface area contributed by atoms with Gasteiger partial charge in [-0.2, -0.15) is 0 Å². The molecule has 0 bridgehead atoms.